The van der Waals surface area contributed by atoms with Gasteiger partial charge in [0.15, 0.2) is 0 Å². The average molecular weight is 175 g/mol. The normalized spacial score (nSPS) is 5.20. The molecule has 0 heterocycles. The predicted molar refractivity (Wildman–Crippen MR) is 44.1 cm³/mol. The molecule has 0 saturated carbocycles. The maximum absolute atomic E-state index is 3.25. The molecular formula is C9H15Cr. The van der Waals surface area contributed by atoms with Gasteiger partial charge in [-0.05, 0) is 0 Å². The fourth-order valence-electron chi connectivity index (χ4n) is 0.321. The number of hydrogen-bond acceptors (Lipinski definition) is 0. The van der Waals surface area contributed by atoms with Crippen LogP contribution in [0.5, 0.6) is 0 Å². The molecule has 0 aliphatic carbocycles. The summed E-state index contributed by atoms with van der Waals surface area (Å²) in [6.45, 7) is 10.0. The second-order valence-electron chi connectivity index (χ2n) is 0.962. The molecular weight excluding hydrogens is 160 g/mol. The Bertz CT molecular complexity index is 61.2. The molecule has 0 aromatic heterocycles. The second kappa shape index (κ2) is 23.2. The summed E-state index contributed by atoms with van der Waals surface area (Å²) in [6, 6.07) is 10.0. The molecule has 1 rings (SSSR count). The Morgan fingerprint density at radius 1 is 0.900 bits per heavy atom. The van der Waals surface area contributed by atoms with Gasteiger partial charge in [0.25, 0.3) is 0 Å². The van der Waals surface area contributed by atoms with Gasteiger partial charge in [-0.25, -0.2) is 12.1 Å². The van der Waals surface area contributed by atoms with Crippen molar-refractivity contribution in [3.05, 3.63) is 44.2 Å². The summed E-state index contributed by atoms with van der Waals surface area (Å²) in [5, 5.41) is 0. The van der Waals surface area contributed by atoms with Crippen LogP contribution in [-0.4, -0.2) is 0 Å². The Labute approximate surface area is 75.8 Å². The predicted octanol–water partition coefficient (Wildman–Crippen LogP) is 3.08. The summed E-state index contributed by atoms with van der Waals surface area (Å²) in [7, 11) is 0. The van der Waals surface area contributed by atoms with E-state index < -0.39 is 0 Å². The molecule has 1 aromatic carbocycles. The largest absolute Gasteiger partial charge is 3.00 e. The minimum absolute atomic E-state index is 0. The van der Waals surface area contributed by atoms with Crippen molar-refractivity contribution in [3.8, 4) is 0 Å². The van der Waals surface area contributed by atoms with Crippen molar-refractivity contribution in [1.29, 1.82) is 0 Å². The summed E-state index contributed by atoms with van der Waals surface area (Å²) >= 11 is 0. The third kappa shape index (κ3) is 15.7. The Morgan fingerprint density at radius 2 is 1.20 bits per heavy atom. The van der Waals surface area contributed by atoms with E-state index in [-0.39, 0.29) is 17.4 Å². The van der Waals surface area contributed by atoms with Crippen LogP contribution in [0.15, 0.2) is 30.3 Å². The van der Waals surface area contributed by atoms with Crippen molar-refractivity contribution in [3.63, 3.8) is 0 Å². The first-order valence-corrected chi connectivity index (χ1v) is 3.08. The Balaban J connectivity index is -0.0000000875. The molecule has 0 bridgehead atoms. The Hall–Kier alpha value is -0.118. The van der Waals surface area contributed by atoms with E-state index in [1.807, 2.05) is 30.3 Å². The van der Waals surface area contributed by atoms with Crippen LogP contribution in [-0.2, 0) is 17.4 Å². The summed E-state index contributed by atoms with van der Waals surface area (Å²) in [4.78, 5) is 0. The molecule has 0 unspecified atom stereocenters. The van der Waals surface area contributed by atoms with Crippen LogP contribution in [0.1, 0.15) is 13.8 Å². The third-order valence-electron chi connectivity index (χ3n) is 0.556. The summed E-state index contributed by atoms with van der Waals surface area (Å²) in [5.41, 5.74) is 0. The maximum Gasteiger partial charge on any atom is 3.00 e. The minimum atomic E-state index is 0. The second-order valence-corrected chi connectivity index (χ2v) is 0.962. The van der Waals surface area contributed by atoms with Crippen molar-refractivity contribution in [1.82, 2.24) is 0 Å². The zero-order valence-corrected chi connectivity index (χ0v) is 7.98. The van der Waals surface area contributed by atoms with Crippen LogP contribution in [0.4, 0.5) is 0 Å². The monoisotopic (exact) mass is 175 g/mol. The molecule has 10 heavy (non-hydrogen) atoms. The first-order chi connectivity index (χ1) is 4.50. The molecule has 0 amide bonds. The topological polar surface area (TPSA) is 0 Å². The maximum atomic E-state index is 3.25. The van der Waals surface area contributed by atoms with E-state index in [2.05, 4.69) is 13.8 Å². The van der Waals surface area contributed by atoms with E-state index in [1.165, 1.54) is 0 Å². The van der Waals surface area contributed by atoms with Crippen molar-refractivity contribution < 1.29 is 17.4 Å². The van der Waals surface area contributed by atoms with Crippen molar-refractivity contribution >= 4 is 0 Å². The molecule has 1 heteroatoms. The van der Waals surface area contributed by atoms with E-state index >= 15 is 0 Å². The van der Waals surface area contributed by atoms with E-state index in [0.717, 1.165) is 0 Å². The van der Waals surface area contributed by atoms with E-state index in [1.54, 1.807) is 13.8 Å². The molecule has 0 nitrogen and oxygen atoms in total. The standard InChI is InChI=1S/C5H5.2C2H5.Cr/c1-2-4-5-3-1;2*1-2;/h1-5H;2*1H2,2H3;/q3*-1;+3. The van der Waals surface area contributed by atoms with Gasteiger partial charge in [0, 0.05) is 0 Å². The van der Waals surface area contributed by atoms with Gasteiger partial charge in [-0.15, -0.1) is 0 Å². The van der Waals surface area contributed by atoms with Crippen LogP contribution < -0.4 is 0 Å². The van der Waals surface area contributed by atoms with E-state index in [0.29, 0.717) is 0 Å². The van der Waals surface area contributed by atoms with E-state index in [4.69, 9.17) is 0 Å². The summed E-state index contributed by atoms with van der Waals surface area (Å²) in [6.07, 6.45) is 0. The molecule has 0 N–H and O–H groups in total. The van der Waals surface area contributed by atoms with E-state index in [9.17, 15) is 0 Å². The smallest absolute Gasteiger partial charge is 0.346 e. The van der Waals surface area contributed by atoms with Gasteiger partial charge in [-0.3, -0.25) is 0 Å². The first-order valence-electron chi connectivity index (χ1n) is 3.08. The first kappa shape index (κ1) is 16.5. The van der Waals surface area contributed by atoms with Crippen LogP contribution in [0, 0.1) is 13.8 Å². The van der Waals surface area contributed by atoms with Gasteiger partial charge in [0.1, 0.15) is 0 Å². The Kier molecular flexibility index (Phi) is 38.1. The zero-order chi connectivity index (χ0) is 7.54. The Morgan fingerprint density at radius 3 is 1.30 bits per heavy atom. The SMILES string of the molecule is [CH2-]C.[CH2-]C.[Cr+3].c1cc[cH-]c1. The molecule has 1 aromatic rings. The molecule has 1 radical (unpaired) electrons. The summed E-state index contributed by atoms with van der Waals surface area (Å²) < 4.78 is 0. The van der Waals surface area contributed by atoms with Crippen molar-refractivity contribution in [2.75, 3.05) is 0 Å². The van der Waals surface area contributed by atoms with Gasteiger partial charge < -0.3 is 13.8 Å². The third-order valence-corrected chi connectivity index (χ3v) is 0.556. The van der Waals surface area contributed by atoms with Gasteiger partial charge in [0.2, 0.25) is 0 Å². The van der Waals surface area contributed by atoms with Crippen molar-refractivity contribution in [2.45, 2.75) is 13.8 Å². The molecule has 0 spiro atoms. The van der Waals surface area contributed by atoms with Gasteiger partial charge in [-0.2, -0.15) is 32.0 Å². The summed E-state index contributed by atoms with van der Waals surface area (Å²) in [5.74, 6) is 0. The molecule has 0 aliphatic heterocycles. The molecule has 57 valence electrons. The fraction of sp³-hybridized carbons (Fsp3) is 0.222. The van der Waals surface area contributed by atoms with Crippen LogP contribution >= 0.6 is 0 Å². The number of rotatable bonds is 0. The van der Waals surface area contributed by atoms with Gasteiger partial charge in [0.05, 0.1) is 0 Å². The molecule has 0 atom stereocenters. The van der Waals surface area contributed by atoms with Crippen LogP contribution in [0.25, 0.3) is 0 Å². The minimum Gasteiger partial charge on any atom is -0.346 e. The van der Waals surface area contributed by atoms with Crippen LogP contribution in [0.3, 0.4) is 0 Å². The number of hydrogen-bond donors (Lipinski definition) is 0. The quantitative estimate of drug-likeness (QED) is 0.531. The molecule has 0 fully saturated rings. The molecule has 0 saturated heterocycles. The molecule has 0 aliphatic rings. The zero-order valence-electron chi connectivity index (χ0n) is 6.71. The van der Waals surface area contributed by atoms with Gasteiger partial charge >= 0.3 is 17.4 Å². The van der Waals surface area contributed by atoms with Gasteiger partial charge in [-0.1, -0.05) is 0 Å². The average Bonchev–Trinajstić information content (AvgIpc) is 2.51. The fourth-order valence-corrected chi connectivity index (χ4v) is 0.321. The van der Waals surface area contributed by atoms with Crippen molar-refractivity contribution in [2.24, 2.45) is 0 Å². The van der Waals surface area contributed by atoms with Crippen LogP contribution in [0.2, 0.25) is 0 Å².